The van der Waals surface area contributed by atoms with Crippen molar-refractivity contribution in [2.45, 2.75) is 18.4 Å². The molecule has 3 atom stereocenters. The van der Waals surface area contributed by atoms with Crippen LogP contribution in [0, 0.1) is 16.0 Å². The molecule has 1 amide bonds. The number of amides is 1. The maximum Gasteiger partial charge on any atom is 0.269 e. The van der Waals surface area contributed by atoms with Crippen LogP contribution >= 0.6 is 0 Å². The third-order valence-electron chi connectivity index (χ3n) is 7.10. The van der Waals surface area contributed by atoms with Crippen LogP contribution in [0.3, 0.4) is 0 Å². The molecular weight excluding hydrogens is 438 g/mol. The first kappa shape index (κ1) is 21.1. The Bertz CT molecular complexity index is 1490. The third kappa shape index (κ3) is 3.73. The number of hydrogen-bond acceptors (Lipinski definition) is 4. The SMILES string of the molecule is O=C(Nc1cccc([C@@H]2Nc3ccc4ccccc4c3[C@@H]3C=CC[C@@H]32)c1)c1ccc([N+](=O)[O-])cc1. The van der Waals surface area contributed by atoms with Crippen LogP contribution in [0.5, 0.6) is 0 Å². The van der Waals surface area contributed by atoms with Gasteiger partial charge in [0.1, 0.15) is 0 Å². The van der Waals surface area contributed by atoms with Gasteiger partial charge in [0.05, 0.1) is 11.0 Å². The minimum absolute atomic E-state index is 0.0419. The van der Waals surface area contributed by atoms with Crippen LogP contribution in [-0.4, -0.2) is 10.8 Å². The Hall–Kier alpha value is -4.45. The molecule has 6 rings (SSSR count). The van der Waals surface area contributed by atoms with Crippen LogP contribution < -0.4 is 10.6 Å². The molecule has 1 aliphatic carbocycles. The quantitative estimate of drug-likeness (QED) is 0.198. The van der Waals surface area contributed by atoms with Crippen molar-refractivity contribution in [1.82, 2.24) is 0 Å². The van der Waals surface area contributed by atoms with E-state index in [-0.39, 0.29) is 17.6 Å². The number of nitro benzene ring substituents is 1. The average molecular weight is 462 g/mol. The Morgan fingerprint density at radius 3 is 2.63 bits per heavy atom. The van der Waals surface area contributed by atoms with E-state index >= 15 is 0 Å². The molecule has 6 nitrogen and oxygen atoms in total. The van der Waals surface area contributed by atoms with E-state index in [1.807, 2.05) is 18.2 Å². The Labute approximate surface area is 202 Å². The van der Waals surface area contributed by atoms with Crippen molar-refractivity contribution >= 4 is 33.7 Å². The van der Waals surface area contributed by atoms with Gasteiger partial charge >= 0.3 is 0 Å². The molecule has 0 aromatic heterocycles. The van der Waals surface area contributed by atoms with E-state index < -0.39 is 4.92 Å². The predicted molar refractivity (Wildman–Crippen MR) is 138 cm³/mol. The summed E-state index contributed by atoms with van der Waals surface area (Å²) in [5, 5.41) is 20.1. The van der Waals surface area contributed by atoms with Gasteiger partial charge in [-0.1, -0.05) is 54.6 Å². The number of carbonyl (C=O) groups excluding carboxylic acids is 1. The second kappa shape index (κ2) is 8.40. The number of allylic oxidation sites excluding steroid dienone is 2. The molecule has 6 heteroatoms. The maximum atomic E-state index is 12.7. The van der Waals surface area contributed by atoms with Gasteiger partial charge in [-0.05, 0) is 64.6 Å². The molecule has 2 N–H and O–H groups in total. The molecule has 172 valence electrons. The molecule has 4 aromatic carbocycles. The van der Waals surface area contributed by atoms with E-state index in [0.717, 1.165) is 17.7 Å². The highest BCUT2D eigenvalue weighted by molar-refractivity contribution is 6.04. The number of nitrogens with one attached hydrogen (secondary N) is 2. The van der Waals surface area contributed by atoms with Gasteiger partial charge in [-0.15, -0.1) is 0 Å². The van der Waals surface area contributed by atoms with Crippen LogP contribution in [0.25, 0.3) is 10.8 Å². The lowest BCUT2D eigenvalue weighted by atomic mass is 9.75. The van der Waals surface area contributed by atoms with E-state index in [2.05, 4.69) is 65.3 Å². The molecule has 0 radical (unpaired) electrons. The Kier molecular flexibility index (Phi) is 5.07. The van der Waals surface area contributed by atoms with Gasteiger partial charge in [-0.25, -0.2) is 0 Å². The fourth-order valence-electron chi connectivity index (χ4n) is 5.46. The zero-order valence-corrected chi connectivity index (χ0v) is 18.8. The van der Waals surface area contributed by atoms with Crippen molar-refractivity contribution < 1.29 is 9.72 Å². The van der Waals surface area contributed by atoms with Crippen molar-refractivity contribution in [3.8, 4) is 0 Å². The van der Waals surface area contributed by atoms with Crippen LogP contribution in [0.2, 0.25) is 0 Å². The fourth-order valence-corrected chi connectivity index (χ4v) is 5.46. The molecular formula is C29H23N3O3. The average Bonchev–Trinajstić information content (AvgIpc) is 3.38. The monoisotopic (exact) mass is 461 g/mol. The molecule has 0 saturated carbocycles. The molecule has 4 aromatic rings. The molecule has 0 fully saturated rings. The zero-order valence-electron chi connectivity index (χ0n) is 18.8. The first-order valence-electron chi connectivity index (χ1n) is 11.7. The summed E-state index contributed by atoms with van der Waals surface area (Å²) in [7, 11) is 0. The van der Waals surface area contributed by atoms with Crippen molar-refractivity contribution in [2.24, 2.45) is 5.92 Å². The van der Waals surface area contributed by atoms with E-state index in [9.17, 15) is 14.9 Å². The minimum atomic E-state index is -0.478. The summed E-state index contributed by atoms with van der Waals surface area (Å²) >= 11 is 0. The van der Waals surface area contributed by atoms with Gasteiger partial charge in [-0.3, -0.25) is 14.9 Å². The summed E-state index contributed by atoms with van der Waals surface area (Å²) in [5.41, 5.74) is 4.66. The Balaban J connectivity index is 1.29. The number of hydrogen-bond donors (Lipinski definition) is 2. The summed E-state index contributed by atoms with van der Waals surface area (Å²) in [6, 6.07) is 26.5. The van der Waals surface area contributed by atoms with Crippen LogP contribution in [0.15, 0.2) is 97.1 Å². The first-order chi connectivity index (χ1) is 17.1. The van der Waals surface area contributed by atoms with Crippen molar-refractivity contribution in [3.05, 3.63) is 124 Å². The van der Waals surface area contributed by atoms with Crippen LogP contribution in [0.4, 0.5) is 17.1 Å². The molecule has 0 bridgehead atoms. The minimum Gasteiger partial charge on any atom is -0.378 e. The van der Waals surface area contributed by atoms with Crippen molar-refractivity contribution in [2.75, 3.05) is 10.6 Å². The standard InChI is InChI=1S/C29H23N3O3/c33-29(19-11-14-22(15-12-19)32(34)35)30-21-7-3-6-20(17-21)28-25-10-4-9-24(25)27-23-8-2-1-5-18(23)13-16-26(27)31-28/h1-9,11-17,24-25,28,31H,10H2,(H,30,33)/t24-,25+,28+/m1/s1. The topological polar surface area (TPSA) is 84.3 Å². The number of carbonyl (C=O) groups is 1. The second-order valence-corrected chi connectivity index (χ2v) is 9.11. The lowest BCUT2D eigenvalue weighted by molar-refractivity contribution is -0.384. The van der Waals surface area contributed by atoms with E-state index in [1.54, 1.807) is 0 Å². The second-order valence-electron chi connectivity index (χ2n) is 9.11. The molecule has 35 heavy (non-hydrogen) atoms. The van der Waals surface area contributed by atoms with E-state index in [0.29, 0.717) is 23.1 Å². The summed E-state index contributed by atoms with van der Waals surface area (Å²) in [6.07, 6.45) is 5.61. The number of nitrogens with zero attached hydrogens (tertiary/aromatic N) is 1. The largest absolute Gasteiger partial charge is 0.378 e. The highest BCUT2D eigenvalue weighted by Crippen LogP contribution is 2.51. The van der Waals surface area contributed by atoms with E-state index in [4.69, 9.17) is 0 Å². The lowest BCUT2D eigenvalue weighted by Gasteiger charge is -2.38. The highest BCUT2D eigenvalue weighted by atomic mass is 16.6. The molecule has 1 heterocycles. The fraction of sp³-hybridized carbons (Fsp3) is 0.138. The Morgan fingerprint density at radius 2 is 1.80 bits per heavy atom. The van der Waals surface area contributed by atoms with Gasteiger partial charge in [0.2, 0.25) is 0 Å². The molecule has 0 spiro atoms. The van der Waals surface area contributed by atoms with Gasteiger partial charge in [0, 0.05) is 35.0 Å². The zero-order chi connectivity index (χ0) is 23.9. The number of anilines is 2. The van der Waals surface area contributed by atoms with Crippen LogP contribution in [0.1, 0.15) is 39.9 Å². The lowest BCUT2D eigenvalue weighted by Crippen LogP contribution is -2.29. The molecule has 2 aliphatic rings. The normalized spacial score (nSPS) is 20.1. The summed E-state index contributed by atoms with van der Waals surface area (Å²) in [6.45, 7) is 0. The third-order valence-corrected chi connectivity index (χ3v) is 7.10. The molecule has 1 aliphatic heterocycles. The number of benzene rings is 4. The number of non-ortho nitro benzene ring substituents is 1. The smallest absolute Gasteiger partial charge is 0.269 e. The summed E-state index contributed by atoms with van der Waals surface area (Å²) in [5.74, 6) is 0.417. The summed E-state index contributed by atoms with van der Waals surface area (Å²) < 4.78 is 0. The maximum absolute atomic E-state index is 12.7. The predicted octanol–water partition coefficient (Wildman–Crippen LogP) is 6.83. The Morgan fingerprint density at radius 1 is 0.971 bits per heavy atom. The van der Waals surface area contributed by atoms with Crippen LogP contribution in [-0.2, 0) is 0 Å². The van der Waals surface area contributed by atoms with E-state index in [1.165, 1.54) is 40.6 Å². The van der Waals surface area contributed by atoms with Gasteiger partial charge in [-0.2, -0.15) is 0 Å². The summed E-state index contributed by atoms with van der Waals surface area (Å²) in [4.78, 5) is 23.1. The first-order valence-corrected chi connectivity index (χ1v) is 11.7. The van der Waals surface area contributed by atoms with Crippen molar-refractivity contribution in [3.63, 3.8) is 0 Å². The van der Waals surface area contributed by atoms with Gasteiger partial charge in [0.25, 0.3) is 11.6 Å². The molecule has 0 saturated heterocycles. The molecule has 0 unspecified atom stereocenters. The highest BCUT2D eigenvalue weighted by Gasteiger charge is 2.38. The number of fused-ring (bicyclic) bond motifs is 5. The number of nitro groups is 1. The van der Waals surface area contributed by atoms with Gasteiger partial charge in [0.15, 0.2) is 0 Å². The number of rotatable bonds is 4. The van der Waals surface area contributed by atoms with Crippen molar-refractivity contribution in [1.29, 1.82) is 0 Å². The van der Waals surface area contributed by atoms with Gasteiger partial charge < -0.3 is 10.6 Å².